The van der Waals surface area contributed by atoms with Gasteiger partial charge in [-0.3, -0.25) is 0 Å². The SMILES string of the molecule is CNC(c1cccnc1N)c1cccc(C)c1F. The second-order valence-electron chi connectivity index (χ2n) is 4.18. The van der Waals surface area contributed by atoms with Crippen molar-refractivity contribution >= 4 is 5.82 Å². The Morgan fingerprint density at radius 1 is 1.22 bits per heavy atom. The Bertz CT molecular complexity index is 554. The highest BCUT2D eigenvalue weighted by atomic mass is 19.1. The minimum Gasteiger partial charge on any atom is -0.383 e. The lowest BCUT2D eigenvalue weighted by Crippen LogP contribution is -2.21. The lowest BCUT2D eigenvalue weighted by Gasteiger charge is -2.19. The van der Waals surface area contributed by atoms with Crippen LogP contribution in [0.25, 0.3) is 0 Å². The Morgan fingerprint density at radius 3 is 2.61 bits per heavy atom. The Morgan fingerprint density at radius 2 is 1.94 bits per heavy atom. The van der Waals surface area contributed by atoms with Crippen LogP contribution in [0.3, 0.4) is 0 Å². The Labute approximate surface area is 106 Å². The average Bonchev–Trinajstić information content (AvgIpc) is 2.37. The van der Waals surface area contributed by atoms with E-state index in [4.69, 9.17) is 5.73 Å². The highest BCUT2D eigenvalue weighted by molar-refractivity contribution is 5.46. The van der Waals surface area contributed by atoms with E-state index < -0.39 is 0 Å². The number of nitrogens with zero attached hydrogens (tertiary/aromatic N) is 1. The van der Waals surface area contributed by atoms with Gasteiger partial charge in [-0.25, -0.2) is 9.37 Å². The highest BCUT2D eigenvalue weighted by Gasteiger charge is 2.19. The number of nitrogens with one attached hydrogen (secondary N) is 1. The van der Waals surface area contributed by atoms with Crippen molar-refractivity contribution in [3.05, 3.63) is 59.0 Å². The number of nitrogen functional groups attached to an aromatic ring is 1. The first-order chi connectivity index (χ1) is 8.65. The lowest BCUT2D eigenvalue weighted by molar-refractivity contribution is 0.569. The molecule has 1 aromatic heterocycles. The van der Waals surface area contributed by atoms with Crippen LogP contribution < -0.4 is 11.1 Å². The average molecular weight is 245 g/mol. The molecule has 0 saturated carbocycles. The van der Waals surface area contributed by atoms with Gasteiger partial charge in [0.1, 0.15) is 11.6 Å². The molecule has 0 aliphatic carbocycles. The number of aryl methyl sites for hydroxylation is 1. The van der Waals surface area contributed by atoms with Crippen molar-refractivity contribution in [3.63, 3.8) is 0 Å². The first-order valence-corrected chi connectivity index (χ1v) is 5.77. The summed E-state index contributed by atoms with van der Waals surface area (Å²) in [5.41, 5.74) is 7.83. The molecule has 1 heterocycles. The van der Waals surface area contributed by atoms with Crippen LogP contribution in [0.5, 0.6) is 0 Å². The van der Waals surface area contributed by atoms with Crippen LogP contribution in [-0.4, -0.2) is 12.0 Å². The number of nitrogens with two attached hydrogens (primary N) is 1. The van der Waals surface area contributed by atoms with Gasteiger partial charge in [0.2, 0.25) is 0 Å². The molecule has 0 fully saturated rings. The summed E-state index contributed by atoms with van der Waals surface area (Å²) in [5, 5.41) is 3.08. The largest absolute Gasteiger partial charge is 0.383 e. The third-order valence-electron chi connectivity index (χ3n) is 3.00. The van der Waals surface area contributed by atoms with E-state index in [0.29, 0.717) is 16.9 Å². The molecule has 2 aromatic rings. The predicted octanol–water partition coefficient (Wildman–Crippen LogP) is 2.42. The van der Waals surface area contributed by atoms with E-state index in [2.05, 4.69) is 10.3 Å². The van der Waals surface area contributed by atoms with Crippen LogP contribution >= 0.6 is 0 Å². The van der Waals surface area contributed by atoms with E-state index in [0.717, 1.165) is 5.56 Å². The van der Waals surface area contributed by atoms with Gasteiger partial charge in [-0.2, -0.15) is 0 Å². The summed E-state index contributed by atoms with van der Waals surface area (Å²) in [5.74, 6) is 0.206. The summed E-state index contributed by atoms with van der Waals surface area (Å²) in [6, 6.07) is 8.70. The molecule has 0 saturated heterocycles. The molecule has 0 amide bonds. The van der Waals surface area contributed by atoms with E-state index in [1.807, 2.05) is 12.1 Å². The topological polar surface area (TPSA) is 50.9 Å². The van der Waals surface area contributed by atoms with Crippen LogP contribution in [0, 0.1) is 12.7 Å². The third-order valence-corrected chi connectivity index (χ3v) is 3.00. The Kier molecular flexibility index (Phi) is 3.58. The molecule has 1 unspecified atom stereocenters. The number of benzene rings is 1. The lowest BCUT2D eigenvalue weighted by atomic mass is 9.97. The summed E-state index contributed by atoms with van der Waals surface area (Å²) >= 11 is 0. The van der Waals surface area contributed by atoms with Crippen LogP contribution in [0.4, 0.5) is 10.2 Å². The van der Waals surface area contributed by atoms with Gasteiger partial charge in [0, 0.05) is 17.3 Å². The zero-order valence-corrected chi connectivity index (χ0v) is 10.4. The van der Waals surface area contributed by atoms with Gasteiger partial charge in [-0.15, -0.1) is 0 Å². The fraction of sp³-hybridized carbons (Fsp3) is 0.214. The van der Waals surface area contributed by atoms with Crippen LogP contribution in [0.1, 0.15) is 22.7 Å². The molecule has 4 heteroatoms. The van der Waals surface area contributed by atoms with Gasteiger partial charge in [0.25, 0.3) is 0 Å². The van der Waals surface area contributed by atoms with Crippen molar-refractivity contribution in [2.75, 3.05) is 12.8 Å². The van der Waals surface area contributed by atoms with Crippen molar-refractivity contribution in [1.82, 2.24) is 10.3 Å². The molecule has 94 valence electrons. The number of hydrogen-bond acceptors (Lipinski definition) is 3. The normalized spacial score (nSPS) is 12.4. The van der Waals surface area contributed by atoms with E-state index in [9.17, 15) is 4.39 Å². The number of pyridine rings is 1. The van der Waals surface area contributed by atoms with Gasteiger partial charge < -0.3 is 11.1 Å². The maximum absolute atomic E-state index is 14.2. The first-order valence-electron chi connectivity index (χ1n) is 5.77. The fourth-order valence-corrected chi connectivity index (χ4v) is 2.05. The molecule has 2 rings (SSSR count). The van der Waals surface area contributed by atoms with Gasteiger partial charge in [0.05, 0.1) is 6.04 Å². The molecule has 1 atom stereocenters. The molecule has 0 aliphatic heterocycles. The van der Waals surface area contributed by atoms with Gasteiger partial charge in [0.15, 0.2) is 0 Å². The van der Waals surface area contributed by atoms with Gasteiger partial charge in [-0.05, 0) is 25.6 Å². The smallest absolute Gasteiger partial charge is 0.131 e. The van der Waals surface area contributed by atoms with Crippen molar-refractivity contribution in [3.8, 4) is 0 Å². The molecule has 0 radical (unpaired) electrons. The molecule has 1 aromatic carbocycles. The van der Waals surface area contributed by atoms with Crippen LogP contribution in [0.15, 0.2) is 36.5 Å². The number of halogens is 1. The fourth-order valence-electron chi connectivity index (χ4n) is 2.05. The summed E-state index contributed by atoms with van der Waals surface area (Å²) in [6.45, 7) is 1.75. The molecular weight excluding hydrogens is 229 g/mol. The zero-order valence-electron chi connectivity index (χ0n) is 10.4. The molecule has 0 bridgehead atoms. The maximum atomic E-state index is 14.2. The quantitative estimate of drug-likeness (QED) is 0.873. The minimum absolute atomic E-state index is 0.208. The Hall–Kier alpha value is -1.94. The summed E-state index contributed by atoms with van der Waals surface area (Å²) < 4.78 is 14.2. The second-order valence-corrected chi connectivity index (χ2v) is 4.18. The number of rotatable bonds is 3. The van der Waals surface area contributed by atoms with Crippen molar-refractivity contribution in [2.45, 2.75) is 13.0 Å². The maximum Gasteiger partial charge on any atom is 0.131 e. The molecule has 3 N–H and O–H groups in total. The number of hydrogen-bond donors (Lipinski definition) is 2. The van der Waals surface area contributed by atoms with Crippen LogP contribution in [0.2, 0.25) is 0 Å². The van der Waals surface area contributed by atoms with E-state index >= 15 is 0 Å². The van der Waals surface area contributed by atoms with Crippen molar-refractivity contribution in [1.29, 1.82) is 0 Å². The summed E-state index contributed by atoms with van der Waals surface area (Å²) in [4.78, 5) is 4.04. The van der Waals surface area contributed by atoms with Gasteiger partial charge in [-0.1, -0.05) is 24.3 Å². The van der Waals surface area contributed by atoms with E-state index in [1.165, 1.54) is 0 Å². The van der Waals surface area contributed by atoms with Crippen LogP contribution in [-0.2, 0) is 0 Å². The molecule has 0 spiro atoms. The molecular formula is C14H16FN3. The highest BCUT2D eigenvalue weighted by Crippen LogP contribution is 2.27. The standard InChI is InChI=1S/C14H16FN3/c1-9-5-3-6-10(12(9)15)13(17-2)11-7-4-8-18-14(11)16/h3-8,13,17H,1-2H3,(H2,16,18). The first kappa shape index (κ1) is 12.5. The van der Waals surface area contributed by atoms with E-state index in [1.54, 1.807) is 38.4 Å². The molecule has 3 nitrogen and oxygen atoms in total. The van der Waals surface area contributed by atoms with Crippen molar-refractivity contribution < 1.29 is 4.39 Å². The monoisotopic (exact) mass is 245 g/mol. The van der Waals surface area contributed by atoms with Gasteiger partial charge >= 0.3 is 0 Å². The zero-order chi connectivity index (χ0) is 13.1. The van der Waals surface area contributed by atoms with Crippen molar-refractivity contribution in [2.24, 2.45) is 0 Å². The summed E-state index contributed by atoms with van der Waals surface area (Å²) in [7, 11) is 1.78. The summed E-state index contributed by atoms with van der Waals surface area (Å²) in [6.07, 6.45) is 1.62. The number of aromatic nitrogens is 1. The minimum atomic E-state index is -0.293. The number of anilines is 1. The Balaban J connectivity index is 2.53. The second kappa shape index (κ2) is 5.14. The van der Waals surface area contributed by atoms with E-state index in [-0.39, 0.29) is 11.9 Å². The molecule has 18 heavy (non-hydrogen) atoms. The molecule has 0 aliphatic rings. The predicted molar refractivity (Wildman–Crippen MR) is 70.7 cm³/mol. The third kappa shape index (κ3) is 2.19.